The number of hydrogen-bond donors (Lipinski definition) is 0. The van der Waals surface area contributed by atoms with Gasteiger partial charge in [-0.15, -0.1) is 0 Å². The lowest BCUT2D eigenvalue weighted by Crippen LogP contribution is -2.15. The summed E-state index contributed by atoms with van der Waals surface area (Å²) in [6, 6.07) is 4.70. The molecule has 0 aliphatic rings. The molecule has 0 saturated heterocycles. The van der Waals surface area contributed by atoms with Crippen molar-refractivity contribution in [1.29, 1.82) is 5.26 Å². The summed E-state index contributed by atoms with van der Waals surface area (Å²) >= 11 is 0. The fourth-order valence-electron chi connectivity index (χ4n) is 1.66. The predicted molar refractivity (Wildman–Crippen MR) is 63.8 cm³/mol. The zero-order chi connectivity index (χ0) is 13.7. The lowest BCUT2D eigenvalue weighted by molar-refractivity contribution is -0.120. The maximum Gasteiger partial charge on any atom is 0.154 e. The molecule has 0 radical (unpaired) electrons. The van der Waals surface area contributed by atoms with Crippen molar-refractivity contribution in [2.24, 2.45) is 5.92 Å². The number of ketones is 1. The van der Waals surface area contributed by atoms with E-state index in [4.69, 9.17) is 5.26 Å². The molecule has 2 nitrogen and oxygen atoms in total. The standard InChI is InChI=1S/C14H15F2NO/c1-3-9(2)6-14(18)12(8-17)11-5-4-10(15)7-13(11)16/h4-5,7,9,12H,3,6H2,1-2H3. The van der Waals surface area contributed by atoms with Gasteiger partial charge in [0.2, 0.25) is 0 Å². The van der Waals surface area contributed by atoms with Gasteiger partial charge in [-0.25, -0.2) is 8.78 Å². The van der Waals surface area contributed by atoms with Crippen LogP contribution in [0.15, 0.2) is 18.2 Å². The zero-order valence-corrected chi connectivity index (χ0v) is 10.4. The first-order chi connectivity index (χ1) is 8.49. The van der Waals surface area contributed by atoms with Gasteiger partial charge in [-0.05, 0) is 12.0 Å². The normalized spacial score (nSPS) is 13.7. The van der Waals surface area contributed by atoms with Crippen LogP contribution in [0.3, 0.4) is 0 Å². The summed E-state index contributed by atoms with van der Waals surface area (Å²) in [4.78, 5) is 11.9. The van der Waals surface area contributed by atoms with Crippen LogP contribution >= 0.6 is 0 Å². The summed E-state index contributed by atoms with van der Waals surface area (Å²) < 4.78 is 26.3. The summed E-state index contributed by atoms with van der Waals surface area (Å²) in [5.74, 6) is -2.89. The third-order valence-corrected chi connectivity index (χ3v) is 2.97. The zero-order valence-electron chi connectivity index (χ0n) is 10.4. The van der Waals surface area contributed by atoms with E-state index in [2.05, 4.69) is 0 Å². The number of nitrogens with zero attached hydrogens (tertiary/aromatic N) is 1. The molecule has 0 amide bonds. The number of Topliss-reactive ketones (excluding diaryl/α,β-unsaturated/α-hetero) is 1. The van der Waals surface area contributed by atoms with Crippen LogP contribution in [0, 0.1) is 28.9 Å². The van der Waals surface area contributed by atoms with Gasteiger partial charge in [0.1, 0.15) is 17.6 Å². The van der Waals surface area contributed by atoms with Crippen molar-refractivity contribution >= 4 is 5.78 Å². The van der Waals surface area contributed by atoms with Crippen LogP contribution in [0.4, 0.5) is 8.78 Å². The summed E-state index contributed by atoms with van der Waals surface area (Å²) in [7, 11) is 0. The first-order valence-electron chi connectivity index (χ1n) is 5.86. The number of benzene rings is 1. The van der Waals surface area contributed by atoms with Crippen LogP contribution in [0.5, 0.6) is 0 Å². The van der Waals surface area contributed by atoms with E-state index < -0.39 is 17.6 Å². The second-order valence-electron chi connectivity index (χ2n) is 4.41. The minimum Gasteiger partial charge on any atom is -0.298 e. The maximum absolute atomic E-state index is 13.5. The average molecular weight is 251 g/mol. The van der Waals surface area contributed by atoms with E-state index >= 15 is 0 Å². The molecule has 2 unspecified atom stereocenters. The summed E-state index contributed by atoms with van der Waals surface area (Å²) in [6.45, 7) is 3.84. The Morgan fingerprint density at radius 2 is 2.11 bits per heavy atom. The van der Waals surface area contributed by atoms with Crippen LogP contribution < -0.4 is 0 Å². The Bertz CT molecular complexity index is 479. The van der Waals surface area contributed by atoms with Crippen molar-refractivity contribution in [3.63, 3.8) is 0 Å². The second kappa shape index (κ2) is 6.25. The Morgan fingerprint density at radius 3 is 2.61 bits per heavy atom. The van der Waals surface area contributed by atoms with E-state index in [0.29, 0.717) is 6.07 Å². The molecule has 1 aromatic carbocycles. The molecule has 0 aliphatic heterocycles. The van der Waals surface area contributed by atoms with Gasteiger partial charge in [0.15, 0.2) is 5.78 Å². The number of carbonyl (C=O) groups is 1. The summed E-state index contributed by atoms with van der Waals surface area (Å²) in [5, 5.41) is 9.00. The number of carbonyl (C=O) groups excluding carboxylic acids is 1. The Morgan fingerprint density at radius 1 is 1.44 bits per heavy atom. The first-order valence-corrected chi connectivity index (χ1v) is 5.86. The summed E-state index contributed by atoms with van der Waals surface area (Å²) in [5.41, 5.74) is -0.0489. The number of hydrogen-bond acceptors (Lipinski definition) is 2. The van der Waals surface area contributed by atoms with E-state index in [1.54, 1.807) is 6.07 Å². The summed E-state index contributed by atoms with van der Waals surface area (Å²) in [6.07, 6.45) is 1.04. The van der Waals surface area contributed by atoms with Crippen LogP contribution in [0.2, 0.25) is 0 Å². The molecule has 0 bridgehead atoms. The van der Waals surface area contributed by atoms with Gasteiger partial charge in [-0.1, -0.05) is 26.3 Å². The molecular weight excluding hydrogens is 236 g/mol. The van der Waals surface area contributed by atoms with Gasteiger partial charge < -0.3 is 0 Å². The molecule has 0 N–H and O–H groups in total. The molecule has 1 rings (SSSR count). The fraction of sp³-hybridized carbons (Fsp3) is 0.429. The Labute approximate surface area is 105 Å². The molecule has 0 spiro atoms. The van der Waals surface area contributed by atoms with Gasteiger partial charge in [0.25, 0.3) is 0 Å². The van der Waals surface area contributed by atoms with Crippen LogP contribution in [0.25, 0.3) is 0 Å². The SMILES string of the molecule is CCC(C)CC(=O)C(C#N)c1ccc(F)cc1F. The smallest absolute Gasteiger partial charge is 0.154 e. The fourth-order valence-corrected chi connectivity index (χ4v) is 1.66. The largest absolute Gasteiger partial charge is 0.298 e. The van der Waals surface area contributed by atoms with E-state index in [1.807, 2.05) is 13.8 Å². The molecule has 0 aromatic heterocycles. The number of halogens is 2. The number of nitriles is 1. The molecular formula is C14H15F2NO. The molecule has 2 atom stereocenters. The third-order valence-electron chi connectivity index (χ3n) is 2.97. The Balaban J connectivity index is 2.96. The molecule has 4 heteroatoms. The van der Waals surface area contributed by atoms with Crippen molar-refractivity contribution in [1.82, 2.24) is 0 Å². The molecule has 1 aromatic rings. The number of rotatable bonds is 5. The second-order valence-corrected chi connectivity index (χ2v) is 4.41. The minimum atomic E-state index is -1.15. The van der Waals surface area contributed by atoms with Crippen molar-refractivity contribution in [2.45, 2.75) is 32.6 Å². The van der Waals surface area contributed by atoms with Gasteiger partial charge in [-0.3, -0.25) is 4.79 Å². The highest BCUT2D eigenvalue weighted by Gasteiger charge is 2.24. The van der Waals surface area contributed by atoms with Gasteiger partial charge in [0.05, 0.1) is 6.07 Å². The van der Waals surface area contributed by atoms with Crippen molar-refractivity contribution in [2.75, 3.05) is 0 Å². The molecule has 18 heavy (non-hydrogen) atoms. The molecule has 96 valence electrons. The van der Waals surface area contributed by atoms with E-state index in [-0.39, 0.29) is 23.7 Å². The van der Waals surface area contributed by atoms with Gasteiger partial charge in [0, 0.05) is 18.1 Å². The topological polar surface area (TPSA) is 40.9 Å². The van der Waals surface area contributed by atoms with E-state index in [9.17, 15) is 13.6 Å². The molecule has 0 fully saturated rings. The van der Waals surface area contributed by atoms with Crippen molar-refractivity contribution in [3.05, 3.63) is 35.4 Å². The highest BCUT2D eigenvalue weighted by atomic mass is 19.1. The molecule has 0 saturated carbocycles. The van der Waals surface area contributed by atoms with Crippen molar-refractivity contribution < 1.29 is 13.6 Å². The van der Waals surface area contributed by atoms with E-state index in [0.717, 1.165) is 18.6 Å². The Kier molecular flexibility index (Phi) is 4.96. The monoisotopic (exact) mass is 251 g/mol. The van der Waals surface area contributed by atoms with Crippen LogP contribution in [0.1, 0.15) is 38.2 Å². The van der Waals surface area contributed by atoms with Crippen LogP contribution in [-0.2, 0) is 4.79 Å². The quantitative estimate of drug-likeness (QED) is 0.802. The lowest BCUT2D eigenvalue weighted by atomic mass is 9.89. The van der Waals surface area contributed by atoms with Crippen molar-refractivity contribution in [3.8, 4) is 6.07 Å². The highest BCUT2D eigenvalue weighted by molar-refractivity contribution is 5.88. The average Bonchev–Trinajstić information content (AvgIpc) is 2.32. The predicted octanol–water partition coefficient (Wildman–Crippen LogP) is 3.58. The van der Waals surface area contributed by atoms with Gasteiger partial charge in [-0.2, -0.15) is 5.26 Å². The molecule has 0 aliphatic carbocycles. The highest BCUT2D eigenvalue weighted by Crippen LogP contribution is 2.23. The van der Waals surface area contributed by atoms with E-state index in [1.165, 1.54) is 0 Å². The Hall–Kier alpha value is -1.76. The van der Waals surface area contributed by atoms with Crippen LogP contribution in [-0.4, -0.2) is 5.78 Å². The minimum absolute atomic E-state index is 0.0489. The first kappa shape index (κ1) is 14.3. The van der Waals surface area contributed by atoms with Gasteiger partial charge >= 0.3 is 0 Å². The molecule has 0 heterocycles. The third kappa shape index (κ3) is 3.36. The lowest BCUT2D eigenvalue weighted by Gasteiger charge is -2.12. The maximum atomic E-state index is 13.5.